The molecule has 0 aliphatic carbocycles. The largest absolute Gasteiger partial charge is 0.479 e. The standard InChI is InChI=1S/C5H5FO2/c1-2-3-4(6)5(7)8/h1,4H,3H2,(H,7,8)/t4-/m1/s1. The van der Waals surface area contributed by atoms with Crippen LogP contribution in [0.25, 0.3) is 0 Å². The molecule has 0 bridgehead atoms. The van der Waals surface area contributed by atoms with Crippen molar-refractivity contribution in [3.8, 4) is 12.3 Å². The van der Waals surface area contributed by atoms with E-state index in [1.54, 1.807) is 0 Å². The van der Waals surface area contributed by atoms with Crippen molar-refractivity contribution >= 4 is 5.97 Å². The monoisotopic (exact) mass is 116 g/mol. The van der Waals surface area contributed by atoms with Crippen LogP contribution in [0.5, 0.6) is 0 Å². The fraction of sp³-hybridized carbons (Fsp3) is 0.400. The number of hydrogen-bond donors (Lipinski definition) is 1. The molecule has 3 heteroatoms. The number of carboxylic acid groups (broad SMARTS) is 1. The second-order valence-corrected chi connectivity index (χ2v) is 1.21. The molecule has 1 N–H and O–H groups in total. The Morgan fingerprint density at radius 3 is 2.62 bits per heavy atom. The van der Waals surface area contributed by atoms with E-state index in [0.29, 0.717) is 0 Å². The quantitative estimate of drug-likeness (QED) is 0.531. The highest BCUT2D eigenvalue weighted by Crippen LogP contribution is 1.94. The molecule has 0 rings (SSSR count). The number of hydrogen-bond acceptors (Lipinski definition) is 1. The van der Waals surface area contributed by atoms with Gasteiger partial charge in [0.2, 0.25) is 6.17 Å². The van der Waals surface area contributed by atoms with Gasteiger partial charge in [-0.25, -0.2) is 9.18 Å². The first kappa shape index (κ1) is 6.96. The van der Waals surface area contributed by atoms with Gasteiger partial charge in [0.1, 0.15) is 0 Å². The van der Waals surface area contributed by atoms with Crippen LogP contribution < -0.4 is 0 Å². The molecule has 0 aliphatic rings. The highest BCUT2D eigenvalue weighted by atomic mass is 19.1. The maximum atomic E-state index is 11.8. The molecule has 1 atom stereocenters. The van der Waals surface area contributed by atoms with E-state index in [-0.39, 0.29) is 6.42 Å². The van der Waals surface area contributed by atoms with Gasteiger partial charge in [-0.15, -0.1) is 12.3 Å². The SMILES string of the molecule is C#CC[C@@H](F)C(=O)O. The average molecular weight is 116 g/mol. The summed E-state index contributed by atoms with van der Waals surface area (Å²) in [7, 11) is 0. The van der Waals surface area contributed by atoms with E-state index in [1.165, 1.54) is 0 Å². The third-order valence-corrected chi connectivity index (χ3v) is 0.565. The van der Waals surface area contributed by atoms with Gasteiger partial charge >= 0.3 is 5.97 Å². The van der Waals surface area contributed by atoms with Crippen LogP contribution >= 0.6 is 0 Å². The predicted molar refractivity (Wildman–Crippen MR) is 26.0 cm³/mol. The van der Waals surface area contributed by atoms with Crippen molar-refractivity contribution in [3.63, 3.8) is 0 Å². The molecule has 0 fully saturated rings. The lowest BCUT2D eigenvalue weighted by molar-refractivity contribution is -0.142. The van der Waals surface area contributed by atoms with E-state index in [0.717, 1.165) is 0 Å². The Balaban J connectivity index is 3.52. The molecular formula is C5H5FO2. The predicted octanol–water partition coefficient (Wildman–Crippen LogP) is 0.432. The molecule has 0 aromatic rings. The molecule has 0 radical (unpaired) electrons. The molecule has 0 saturated carbocycles. The van der Waals surface area contributed by atoms with Crippen LogP contribution in [0.2, 0.25) is 0 Å². The van der Waals surface area contributed by atoms with E-state index in [2.05, 4.69) is 6.42 Å². The highest BCUT2D eigenvalue weighted by Gasteiger charge is 2.12. The lowest BCUT2D eigenvalue weighted by Crippen LogP contribution is -2.12. The van der Waals surface area contributed by atoms with Gasteiger partial charge in [-0.3, -0.25) is 0 Å². The molecule has 0 aliphatic heterocycles. The van der Waals surface area contributed by atoms with Crippen LogP contribution in [0.4, 0.5) is 4.39 Å². The number of alkyl halides is 1. The summed E-state index contributed by atoms with van der Waals surface area (Å²) in [4.78, 5) is 9.62. The van der Waals surface area contributed by atoms with Crippen LogP contribution in [-0.4, -0.2) is 17.2 Å². The third-order valence-electron chi connectivity index (χ3n) is 0.565. The van der Waals surface area contributed by atoms with Crippen molar-refractivity contribution < 1.29 is 14.3 Å². The zero-order valence-electron chi connectivity index (χ0n) is 4.10. The minimum Gasteiger partial charge on any atom is -0.479 e. The van der Waals surface area contributed by atoms with Crippen LogP contribution in [0.15, 0.2) is 0 Å². The van der Waals surface area contributed by atoms with E-state index < -0.39 is 12.1 Å². The van der Waals surface area contributed by atoms with Gasteiger partial charge in [0.15, 0.2) is 0 Å². The van der Waals surface area contributed by atoms with Crippen molar-refractivity contribution in [1.29, 1.82) is 0 Å². The molecule has 0 saturated heterocycles. The lowest BCUT2D eigenvalue weighted by atomic mass is 10.3. The summed E-state index contributed by atoms with van der Waals surface area (Å²) in [6.45, 7) is 0. The molecule has 0 spiro atoms. The van der Waals surface area contributed by atoms with Crippen LogP contribution in [0.3, 0.4) is 0 Å². The second kappa shape index (κ2) is 3.03. The molecular weight excluding hydrogens is 111 g/mol. The Hall–Kier alpha value is -1.04. The normalized spacial score (nSPS) is 12.0. The summed E-state index contributed by atoms with van der Waals surface area (Å²) in [6.07, 6.45) is 2.36. The number of carboxylic acids is 1. The van der Waals surface area contributed by atoms with Crippen molar-refractivity contribution in [2.75, 3.05) is 0 Å². The lowest BCUT2D eigenvalue weighted by Gasteiger charge is -1.92. The van der Waals surface area contributed by atoms with Crippen LogP contribution in [0.1, 0.15) is 6.42 Å². The van der Waals surface area contributed by atoms with Crippen LogP contribution in [0, 0.1) is 12.3 Å². The third kappa shape index (κ3) is 2.19. The van der Waals surface area contributed by atoms with E-state index in [4.69, 9.17) is 5.11 Å². The number of rotatable bonds is 2. The molecule has 0 unspecified atom stereocenters. The van der Waals surface area contributed by atoms with Gasteiger partial charge < -0.3 is 5.11 Å². The van der Waals surface area contributed by atoms with Crippen molar-refractivity contribution in [1.82, 2.24) is 0 Å². The number of halogens is 1. The zero-order chi connectivity index (χ0) is 6.57. The summed E-state index contributed by atoms with van der Waals surface area (Å²) in [5.41, 5.74) is 0. The van der Waals surface area contributed by atoms with Gasteiger partial charge in [-0.2, -0.15) is 0 Å². The molecule has 44 valence electrons. The maximum absolute atomic E-state index is 11.8. The maximum Gasteiger partial charge on any atom is 0.339 e. The Labute approximate surface area is 46.3 Å². The van der Waals surface area contributed by atoms with Gasteiger partial charge in [0, 0.05) is 0 Å². The average Bonchev–Trinajstić information content (AvgIpc) is 1.67. The highest BCUT2D eigenvalue weighted by molar-refractivity contribution is 5.72. The summed E-state index contributed by atoms with van der Waals surface area (Å²) >= 11 is 0. The number of carbonyl (C=O) groups is 1. The van der Waals surface area contributed by atoms with Gasteiger partial charge in [0.25, 0.3) is 0 Å². The topological polar surface area (TPSA) is 37.3 Å². The van der Waals surface area contributed by atoms with E-state index in [1.807, 2.05) is 5.92 Å². The van der Waals surface area contributed by atoms with Crippen LogP contribution in [-0.2, 0) is 4.79 Å². The fourth-order valence-corrected chi connectivity index (χ4v) is 0.191. The molecule has 2 nitrogen and oxygen atoms in total. The zero-order valence-corrected chi connectivity index (χ0v) is 4.10. The fourth-order valence-electron chi connectivity index (χ4n) is 0.191. The summed E-state index contributed by atoms with van der Waals surface area (Å²) in [6, 6.07) is 0. The summed E-state index contributed by atoms with van der Waals surface area (Å²) in [5, 5.41) is 7.84. The molecule has 8 heavy (non-hydrogen) atoms. The first-order valence-electron chi connectivity index (χ1n) is 1.99. The minimum atomic E-state index is -1.90. The second-order valence-electron chi connectivity index (χ2n) is 1.21. The van der Waals surface area contributed by atoms with Crippen molar-refractivity contribution in [3.05, 3.63) is 0 Å². The summed E-state index contributed by atoms with van der Waals surface area (Å²) < 4.78 is 11.8. The van der Waals surface area contributed by atoms with Gasteiger partial charge in [0.05, 0.1) is 6.42 Å². The Kier molecular flexibility index (Phi) is 2.63. The van der Waals surface area contributed by atoms with Crippen molar-refractivity contribution in [2.24, 2.45) is 0 Å². The Morgan fingerprint density at radius 1 is 2.00 bits per heavy atom. The first-order chi connectivity index (χ1) is 3.68. The Bertz CT molecular complexity index is 125. The summed E-state index contributed by atoms with van der Waals surface area (Å²) in [5.74, 6) is 0.396. The molecule has 0 heterocycles. The van der Waals surface area contributed by atoms with Gasteiger partial charge in [-0.05, 0) is 0 Å². The first-order valence-corrected chi connectivity index (χ1v) is 1.99. The molecule has 0 amide bonds. The van der Waals surface area contributed by atoms with E-state index in [9.17, 15) is 9.18 Å². The Morgan fingerprint density at radius 2 is 2.50 bits per heavy atom. The van der Waals surface area contributed by atoms with Gasteiger partial charge in [-0.1, -0.05) is 0 Å². The van der Waals surface area contributed by atoms with E-state index >= 15 is 0 Å². The van der Waals surface area contributed by atoms with Crippen molar-refractivity contribution in [2.45, 2.75) is 12.6 Å². The number of terminal acetylenes is 1. The smallest absolute Gasteiger partial charge is 0.339 e. The number of aliphatic carboxylic acids is 1. The minimum absolute atomic E-state index is 0.352. The molecule has 0 aromatic carbocycles. The molecule has 0 aromatic heterocycles.